The summed E-state index contributed by atoms with van der Waals surface area (Å²) in [6, 6.07) is -0.0309. The van der Waals surface area contributed by atoms with Gasteiger partial charge in [-0.1, -0.05) is 19.6 Å². The van der Waals surface area contributed by atoms with Crippen molar-refractivity contribution in [3.63, 3.8) is 0 Å². The van der Waals surface area contributed by atoms with Gasteiger partial charge in [0.2, 0.25) is 0 Å². The summed E-state index contributed by atoms with van der Waals surface area (Å²) in [5.74, 6) is -0.816. The summed E-state index contributed by atoms with van der Waals surface area (Å²) in [5, 5.41) is 11.1. The zero-order valence-corrected chi connectivity index (χ0v) is 9.57. The number of carbonyl (C=O) groups excluding carboxylic acids is 1. The largest absolute Gasteiger partial charge is 0.481 e. The molecule has 0 fully saturated rings. The van der Waals surface area contributed by atoms with Crippen LogP contribution in [-0.2, 0) is 9.53 Å². The van der Waals surface area contributed by atoms with Crippen LogP contribution in [0.3, 0.4) is 0 Å². The second-order valence-corrected chi connectivity index (χ2v) is 3.42. The van der Waals surface area contributed by atoms with Crippen molar-refractivity contribution in [3.8, 4) is 0 Å². The van der Waals surface area contributed by atoms with E-state index >= 15 is 0 Å². The Morgan fingerprint density at radius 3 is 2.75 bits per heavy atom. The number of ether oxygens (including phenoxy) is 1. The third-order valence-electron chi connectivity index (χ3n) is 2.09. The molecule has 0 aromatic rings. The van der Waals surface area contributed by atoms with E-state index in [2.05, 4.69) is 11.9 Å². The molecule has 92 valence electrons. The van der Waals surface area contributed by atoms with Gasteiger partial charge in [0.05, 0.1) is 0 Å². The van der Waals surface area contributed by atoms with Gasteiger partial charge in [0.15, 0.2) is 0 Å². The molecule has 0 heterocycles. The second kappa shape index (κ2) is 8.76. The summed E-state index contributed by atoms with van der Waals surface area (Å²) in [5.41, 5.74) is 0. The van der Waals surface area contributed by atoms with E-state index < -0.39 is 12.1 Å². The van der Waals surface area contributed by atoms with Crippen LogP contribution in [0.2, 0.25) is 0 Å². The van der Waals surface area contributed by atoms with Gasteiger partial charge in [0.25, 0.3) is 0 Å². The molecule has 0 spiro atoms. The molecule has 0 saturated carbocycles. The lowest BCUT2D eigenvalue weighted by Crippen LogP contribution is -2.34. The third kappa shape index (κ3) is 7.84. The summed E-state index contributed by atoms with van der Waals surface area (Å²) in [4.78, 5) is 21.5. The van der Waals surface area contributed by atoms with E-state index in [-0.39, 0.29) is 19.1 Å². The van der Waals surface area contributed by atoms with E-state index in [0.717, 1.165) is 6.42 Å². The summed E-state index contributed by atoms with van der Waals surface area (Å²) in [6.07, 6.45) is 3.08. The molecule has 1 amide bonds. The number of amides is 1. The van der Waals surface area contributed by atoms with Crippen molar-refractivity contribution in [2.24, 2.45) is 0 Å². The quantitative estimate of drug-likeness (QED) is 0.623. The van der Waals surface area contributed by atoms with E-state index in [1.165, 1.54) is 6.08 Å². The maximum Gasteiger partial charge on any atom is 0.407 e. The number of carbonyl (C=O) groups is 2. The number of alkyl carbamates (subject to hydrolysis) is 1. The maximum atomic E-state index is 11.2. The summed E-state index contributed by atoms with van der Waals surface area (Å²) < 4.78 is 4.77. The van der Waals surface area contributed by atoms with Crippen molar-refractivity contribution in [1.29, 1.82) is 0 Å². The molecule has 0 aliphatic carbocycles. The lowest BCUT2D eigenvalue weighted by atomic mass is 10.1. The van der Waals surface area contributed by atoms with Crippen LogP contribution in [0.5, 0.6) is 0 Å². The molecule has 0 aromatic carbocycles. The zero-order valence-electron chi connectivity index (χ0n) is 9.57. The summed E-state index contributed by atoms with van der Waals surface area (Å²) >= 11 is 0. The summed E-state index contributed by atoms with van der Waals surface area (Å²) in [6.45, 7) is 5.54. The Hall–Kier alpha value is -1.52. The van der Waals surface area contributed by atoms with Crippen molar-refractivity contribution < 1.29 is 19.4 Å². The highest BCUT2D eigenvalue weighted by Crippen LogP contribution is 2.04. The number of rotatable bonds is 8. The van der Waals surface area contributed by atoms with Gasteiger partial charge in [-0.25, -0.2) is 4.79 Å². The van der Waals surface area contributed by atoms with Crippen molar-refractivity contribution in [1.82, 2.24) is 5.32 Å². The predicted octanol–water partition coefficient (Wildman–Crippen LogP) is 1.93. The number of hydrogen-bond acceptors (Lipinski definition) is 3. The van der Waals surface area contributed by atoms with Crippen LogP contribution in [0, 0.1) is 0 Å². The molecule has 2 N–H and O–H groups in total. The van der Waals surface area contributed by atoms with Gasteiger partial charge in [0.1, 0.15) is 6.61 Å². The fraction of sp³-hybridized carbons (Fsp3) is 0.636. The maximum absolute atomic E-state index is 11.2. The van der Waals surface area contributed by atoms with Crippen molar-refractivity contribution >= 4 is 12.1 Å². The first-order valence-corrected chi connectivity index (χ1v) is 5.36. The van der Waals surface area contributed by atoms with Gasteiger partial charge in [-0.05, 0) is 19.3 Å². The van der Waals surface area contributed by atoms with Crippen LogP contribution in [-0.4, -0.2) is 29.8 Å². The van der Waals surface area contributed by atoms with Gasteiger partial charge in [-0.2, -0.15) is 0 Å². The zero-order chi connectivity index (χ0) is 12.4. The Morgan fingerprint density at radius 2 is 2.25 bits per heavy atom. The Labute approximate surface area is 95.5 Å². The van der Waals surface area contributed by atoms with E-state index in [1.807, 2.05) is 6.92 Å². The first kappa shape index (κ1) is 14.5. The molecule has 0 bridgehead atoms. The fourth-order valence-corrected chi connectivity index (χ4v) is 1.22. The van der Waals surface area contributed by atoms with Crippen LogP contribution in [0.15, 0.2) is 12.7 Å². The average molecular weight is 229 g/mol. The lowest BCUT2D eigenvalue weighted by molar-refractivity contribution is -0.137. The highest BCUT2D eigenvalue weighted by Gasteiger charge is 2.11. The van der Waals surface area contributed by atoms with Crippen LogP contribution in [0.4, 0.5) is 4.79 Å². The first-order chi connectivity index (χ1) is 7.60. The minimum atomic E-state index is -0.816. The molecular formula is C11H19NO4. The van der Waals surface area contributed by atoms with Crippen molar-refractivity contribution in [2.45, 2.75) is 38.6 Å². The van der Waals surface area contributed by atoms with Gasteiger partial charge in [-0.15, -0.1) is 0 Å². The fourth-order valence-electron chi connectivity index (χ4n) is 1.22. The Morgan fingerprint density at radius 1 is 1.56 bits per heavy atom. The molecule has 1 unspecified atom stereocenters. The monoisotopic (exact) mass is 229 g/mol. The highest BCUT2D eigenvalue weighted by molar-refractivity contribution is 5.68. The van der Waals surface area contributed by atoms with E-state index in [9.17, 15) is 9.59 Å². The standard InChI is InChI=1S/C11H19NO4/c1-3-8-16-11(15)12-9(4-2)6-5-7-10(13)14/h3,9H,1,4-8H2,2H3,(H,12,15)(H,13,14). The number of aliphatic carboxylic acids is 1. The number of carboxylic acid groups (broad SMARTS) is 1. The molecule has 5 nitrogen and oxygen atoms in total. The minimum absolute atomic E-state index is 0.0309. The van der Waals surface area contributed by atoms with Gasteiger partial charge in [-0.3, -0.25) is 4.79 Å². The molecule has 5 heteroatoms. The molecule has 16 heavy (non-hydrogen) atoms. The number of carboxylic acids is 1. The number of nitrogens with one attached hydrogen (secondary N) is 1. The Balaban J connectivity index is 3.76. The number of hydrogen-bond donors (Lipinski definition) is 2. The van der Waals surface area contributed by atoms with E-state index in [4.69, 9.17) is 9.84 Å². The molecule has 0 saturated heterocycles. The van der Waals surface area contributed by atoms with Crippen molar-refractivity contribution in [2.75, 3.05) is 6.61 Å². The Kier molecular flexibility index (Phi) is 7.93. The molecule has 0 aromatic heterocycles. The third-order valence-corrected chi connectivity index (χ3v) is 2.09. The minimum Gasteiger partial charge on any atom is -0.481 e. The van der Waals surface area contributed by atoms with Gasteiger partial charge >= 0.3 is 12.1 Å². The molecular weight excluding hydrogens is 210 g/mol. The van der Waals surface area contributed by atoms with Gasteiger partial charge < -0.3 is 15.2 Å². The predicted molar refractivity (Wildman–Crippen MR) is 60.2 cm³/mol. The van der Waals surface area contributed by atoms with Crippen LogP contribution in [0.1, 0.15) is 32.6 Å². The second-order valence-electron chi connectivity index (χ2n) is 3.42. The van der Waals surface area contributed by atoms with Crippen LogP contribution < -0.4 is 5.32 Å². The smallest absolute Gasteiger partial charge is 0.407 e. The van der Waals surface area contributed by atoms with Crippen LogP contribution >= 0.6 is 0 Å². The normalized spacial score (nSPS) is 11.6. The molecule has 0 aliphatic heterocycles. The van der Waals surface area contributed by atoms with Crippen molar-refractivity contribution in [3.05, 3.63) is 12.7 Å². The molecule has 0 radical (unpaired) electrons. The highest BCUT2D eigenvalue weighted by atomic mass is 16.5. The summed E-state index contributed by atoms with van der Waals surface area (Å²) in [7, 11) is 0. The SMILES string of the molecule is C=CCOC(=O)NC(CC)CCCC(=O)O. The topological polar surface area (TPSA) is 75.6 Å². The molecule has 0 aliphatic rings. The van der Waals surface area contributed by atoms with E-state index in [0.29, 0.717) is 12.8 Å². The van der Waals surface area contributed by atoms with Gasteiger partial charge in [0, 0.05) is 12.5 Å². The molecule has 0 rings (SSSR count). The molecule has 1 atom stereocenters. The first-order valence-electron chi connectivity index (χ1n) is 5.36. The Bertz CT molecular complexity index is 240. The van der Waals surface area contributed by atoms with E-state index in [1.54, 1.807) is 0 Å². The lowest BCUT2D eigenvalue weighted by Gasteiger charge is -2.15. The average Bonchev–Trinajstić information content (AvgIpc) is 2.24. The van der Waals surface area contributed by atoms with Crippen LogP contribution in [0.25, 0.3) is 0 Å².